The number of carbonyl (C=O) groups is 2. The zero-order chi connectivity index (χ0) is 19.6. The molecule has 4 fully saturated rings. The highest BCUT2D eigenvalue weighted by atomic mass is 16.1. The first kappa shape index (κ1) is 19.3. The maximum absolute atomic E-state index is 12.0. The highest BCUT2D eigenvalue weighted by Gasteiger charge is 2.61. The monoisotopic (exact) mass is 374 g/mol. The third-order valence-corrected chi connectivity index (χ3v) is 9.27. The second-order valence-corrected chi connectivity index (χ2v) is 11.4. The van der Waals surface area contributed by atoms with Crippen molar-refractivity contribution in [2.75, 3.05) is 0 Å². The van der Waals surface area contributed by atoms with Crippen LogP contribution in [0.25, 0.3) is 0 Å². The molecule has 1 N–H and O–H groups in total. The summed E-state index contributed by atoms with van der Waals surface area (Å²) < 4.78 is 0. The van der Waals surface area contributed by atoms with Crippen molar-refractivity contribution in [2.24, 2.45) is 28.6 Å². The van der Waals surface area contributed by atoms with Gasteiger partial charge in [0.25, 0.3) is 0 Å². The first-order chi connectivity index (χ1) is 12.6. The number of amides is 2. The van der Waals surface area contributed by atoms with E-state index < -0.39 is 0 Å². The molecule has 0 aromatic rings. The Morgan fingerprint density at radius 2 is 1.70 bits per heavy atom. The summed E-state index contributed by atoms with van der Waals surface area (Å²) in [5.41, 5.74) is 0.402. The summed E-state index contributed by atoms with van der Waals surface area (Å²) in [5.74, 6) is 2.47. The number of piperidine rings is 1. The van der Waals surface area contributed by atoms with Gasteiger partial charge in [0.15, 0.2) is 0 Å². The molecular weight excluding hydrogens is 336 g/mol. The van der Waals surface area contributed by atoms with Crippen molar-refractivity contribution in [1.82, 2.24) is 10.2 Å². The van der Waals surface area contributed by atoms with Crippen LogP contribution in [0.3, 0.4) is 0 Å². The third kappa shape index (κ3) is 2.76. The molecule has 0 aromatic carbocycles. The van der Waals surface area contributed by atoms with Crippen molar-refractivity contribution >= 4 is 12.3 Å². The summed E-state index contributed by atoms with van der Waals surface area (Å²) in [6, 6.07) is 0.750. The highest BCUT2D eigenvalue weighted by Crippen LogP contribution is 2.64. The third-order valence-electron chi connectivity index (χ3n) is 9.27. The van der Waals surface area contributed by atoms with Gasteiger partial charge in [-0.3, -0.25) is 9.59 Å². The SMILES string of the molecule is CC(C)(C)N(C=O)C1CC[C@H]2[C@@H]3CCC4NC(=O)CC[C@]4(C)[C@@H]3CC[C@]12C. The van der Waals surface area contributed by atoms with Crippen LogP contribution in [0.2, 0.25) is 0 Å². The van der Waals surface area contributed by atoms with E-state index in [0.717, 1.165) is 43.4 Å². The molecule has 0 bridgehead atoms. The predicted octanol–water partition coefficient (Wildman–Crippen LogP) is 4.13. The van der Waals surface area contributed by atoms with Gasteiger partial charge in [0, 0.05) is 24.0 Å². The molecule has 1 heterocycles. The Bertz CT molecular complexity index is 626. The normalized spacial score (nSPS) is 46.7. The van der Waals surface area contributed by atoms with Crippen molar-refractivity contribution in [3.05, 3.63) is 0 Å². The van der Waals surface area contributed by atoms with Crippen LogP contribution in [0.15, 0.2) is 0 Å². The summed E-state index contributed by atoms with van der Waals surface area (Å²) in [4.78, 5) is 26.1. The Morgan fingerprint density at radius 1 is 1.00 bits per heavy atom. The lowest BCUT2D eigenvalue weighted by Gasteiger charge is -2.61. The lowest BCUT2D eigenvalue weighted by Crippen LogP contribution is -2.62. The van der Waals surface area contributed by atoms with E-state index in [0.29, 0.717) is 18.5 Å². The fourth-order valence-electron chi connectivity index (χ4n) is 7.83. The van der Waals surface area contributed by atoms with E-state index in [2.05, 4.69) is 44.8 Å². The molecule has 2 unspecified atom stereocenters. The summed E-state index contributed by atoms with van der Waals surface area (Å²) >= 11 is 0. The molecule has 2 amide bonds. The Labute approximate surface area is 164 Å². The first-order valence-electron chi connectivity index (χ1n) is 11.1. The van der Waals surface area contributed by atoms with Gasteiger partial charge in [-0.25, -0.2) is 0 Å². The average Bonchev–Trinajstić information content (AvgIpc) is 2.92. The summed E-state index contributed by atoms with van der Waals surface area (Å²) in [6.45, 7) is 11.4. The number of carbonyl (C=O) groups excluding carboxylic acids is 2. The molecule has 4 nitrogen and oxygen atoms in total. The van der Waals surface area contributed by atoms with Crippen molar-refractivity contribution in [3.63, 3.8) is 0 Å². The van der Waals surface area contributed by atoms with Crippen LogP contribution in [0.5, 0.6) is 0 Å². The molecular formula is C23H38N2O2. The Kier molecular flexibility index (Phi) is 4.44. The van der Waals surface area contributed by atoms with Crippen LogP contribution in [-0.2, 0) is 9.59 Å². The fraction of sp³-hybridized carbons (Fsp3) is 0.913. The van der Waals surface area contributed by atoms with E-state index >= 15 is 0 Å². The molecule has 1 aliphatic heterocycles. The molecule has 3 aliphatic carbocycles. The van der Waals surface area contributed by atoms with Gasteiger partial charge in [0.05, 0.1) is 0 Å². The number of fused-ring (bicyclic) bond motifs is 5. The van der Waals surface area contributed by atoms with Gasteiger partial charge in [-0.05, 0) is 94.3 Å². The van der Waals surface area contributed by atoms with E-state index in [-0.39, 0.29) is 22.3 Å². The van der Waals surface area contributed by atoms with E-state index in [1.54, 1.807) is 0 Å². The van der Waals surface area contributed by atoms with Crippen LogP contribution in [0.4, 0.5) is 0 Å². The Morgan fingerprint density at radius 3 is 2.37 bits per heavy atom. The minimum atomic E-state index is -0.113. The van der Waals surface area contributed by atoms with Crippen LogP contribution in [-0.4, -0.2) is 34.8 Å². The minimum absolute atomic E-state index is 0.113. The maximum Gasteiger partial charge on any atom is 0.220 e. The summed E-state index contributed by atoms with van der Waals surface area (Å²) in [7, 11) is 0. The number of hydrogen-bond donors (Lipinski definition) is 1. The Hall–Kier alpha value is -1.06. The molecule has 0 spiro atoms. The first-order valence-corrected chi connectivity index (χ1v) is 11.1. The van der Waals surface area contributed by atoms with Gasteiger partial charge >= 0.3 is 0 Å². The smallest absolute Gasteiger partial charge is 0.220 e. The summed E-state index contributed by atoms with van der Waals surface area (Å²) in [5, 5.41) is 3.32. The van der Waals surface area contributed by atoms with Crippen LogP contribution in [0, 0.1) is 28.6 Å². The average molecular weight is 375 g/mol. The van der Waals surface area contributed by atoms with Crippen molar-refractivity contribution in [3.8, 4) is 0 Å². The fourth-order valence-corrected chi connectivity index (χ4v) is 7.83. The predicted molar refractivity (Wildman–Crippen MR) is 107 cm³/mol. The topological polar surface area (TPSA) is 49.4 Å². The molecule has 0 aromatic heterocycles. The number of nitrogens with zero attached hydrogens (tertiary/aromatic N) is 1. The van der Waals surface area contributed by atoms with Gasteiger partial charge in [-0.15, -0.1) is 0 Å². The lowest BCUT2D eigenvalue weighted by atomic mass is 9.47. The van der Waals surface area contributed by atoms with Gasteiger partial charge in [-0.2, -0.15) is 0 Å². The zero-order valence-electron chi connectivity index (χ0n) is 17.9. The molecule has 3 saturated carbocycles. The standard InChI is InChI=1S/C23H38N2O2/c1-21(2,3)25(14-26)19-9-7-16-15-6-8-18-22(4,13-11-20(27)24-18)17(15)10-12-23(16,19)5/h14-19H,6-13H2,1-5H3,(H,24,27)/t15-,16-,17+,18?,19?,22+,23-/m0/s1. The van der Waals surface area contributed by atoms with E-state index in [1.165, 1.54) is 25.7 Å². The van der Waals surface area contributed by atoms with E-state index in [4.69, 9.17) is 0 Å². The van der Waals surface area contributed by atoms with E-state index in [1.807, 2.05) is 0 Å². The van der Waals surface area contributed by atoms with Crippen molar-refractivity contribution in [2.45, 2.75) is 104 Å². The second kappa shape index (κ2) is 6.22. The van der Waals surface area contributed by atoms with Gasteiger partial charge in [0.2, 0.25) is 12.3 Å². The molecule has 152 valence electrons. The van der Waals surface area contributed by atoms with Gasteiger partial charge in [-0.1, -0.05) is 13.8 Å². The van der Waals surface area contributed by atoms with Gasteiger partial charge < -0.3 is 10.2 Å². The Balaban J connectivity index is 1.61. The summed E-state index contributed by atoms with van der Waals surface area (Å²) in [6.07, 6.45) is 10.1. The van der Waals surface area contributed by atoms with Crippen LogP contribution < -0.4 is 5.32 Å². The lowest BCUT2D eigenvalue weighted by molar-refractivity contribution is -0.141. The van der Waals surface area contributed by atoms with Crippen molar-refractivity contribution < 1.29 is 9.59 Å². The number of rotatable bonds is 2. The molecule has 7 atom stereocenters. The van der Waals surface area contributed by atoms with Gasteiger partial charge in [0.1, 0.15) is 0 Å². The molecule has 4 heteroatoms. The zero-order valence-corrected chi connectivity index (χ0v) is 17.9. The molecule has 4 aliphatic rings. The number of nitrogens with one attached hydrogen (secondary N) is 1. The second-order valence-electron chi connectivity index (χ2n) is 11.4. The van der Waals surface area contributed by atoms with Crippen LogP contribution in [0.1, 0.15) is 86.0 Å². The molecule has 4 rings (SSSR count). The minimum Gasteiger partial charge on any atom is -0.353 e. The maximum atomic E-state index is 12.0. The molecule has 27 heavy (non-hydrogen) atoms. The molecule has 0 radical (unpaired) electrons. The quantitative estimate of drug-likeness (QED) is 0.739. The highest BCUT2D eigenvalue weighted by molar-refractivity contribution is 5.77. The number of hydrogen-bond acceptors (Lipinski definition) is 2. The largest absolute Gasteiger partial charge is 0.353 e. The van der Waals surface area contributed by atoms with Crippen molar-refractivity contribution in [1.29, 1.82) is 0 Å². The van der Waals surface area contributed by atoms with Crippen LogP contribution >= 0.6 is 0 Å². The molecule has 1 saturated heterocycles. The van der Waals surface area contributed by atoms with E-state index in [9.17, 15) is 9.59 Å².